The zero-order valence-electron chi connectivity index (χ0n) is 15.1. The maximum absolute atomic E-state index is 13.3. The van der Waals surface area contributed by atoms with Crippen LogP contribution in [0.1, 0.15) is 27.2 Å². The molecular formula is C21H21FN2O2. The molecule has 4 nitrogen and oxygen atoms in total. The van der Waals surface area contributed by atoms with Gasteiger partial charge in [0.2, 0.25) is 0 Å². The quantitative estimate of drug-likeness (QED) is 0.756. The number of rotatable bonds is 5. The van der Waals surface area contributed by atoms with Gasteiger partial charge in [0.1, 0.15) is 11.6 Å². The van der Waals surface area contributed by atoms with Crippen LogP contribution in [0.25, 0.3) is 10.9 Å². The second-order valence-electron chi connectivity index (χ2n) is 6.28. The van der Waals surface area contributed by atoms with Crippen LogP contribution in [-0.2, 0) is 6.42 Å². The van der Waals surface area contributed by atoms with E-state index in [1.165, 1.54) is 12.1 Å². The van der Waals surface area contributed by atoms with Gasteiger partial charge in [-0.3, -0.25) is 9.78 Å². The van der Waals surface area contributed by atoms with E-state index in [-0.39, 0.29) is 11.7 Å². The molecule has 2 aromatic carbocycles. The molecule has 0 aliphatic carbocycles. The Balaban J connectivity index is 1.72. The third kappa shape index (κ3) is 3.82. The zero-order chi connectivity index (χ0) is 18.7. The summed E-state index contributed by atoms with van der Waals surface area (Å²) in [6.07, 6.45) is 0.669. The van der Waals surface area contributed by atoms with Crippen molar-refractivity contribution < 1.29 is 13.9 Å². The Morgan fingerprint density at radius 2 is 1.96 bits per heavy atom. The van der Waals surface area contributed by atoms with E-state index in [1.54, 1.807) is 26.2 Å². The first-order chi connectivity index (χ1) is 12.5. The van der Waals surface area contributed by atoms with Crippen LogP contribution in [0.3, 0.4) is 0 Å². The highest BCUT2D eigenvalue weighted by Gasteiger charge is 2.12. The molecule has 3 rings (SSSR count). The molecule has 0 unspecified atom stereocenters. The molecule has 0 bridgehead atoms. The fraction of sp³-hybridized carbons (Fsp3) is 0.238. The van der Waals surface area contributed by atoms with Crippen LogP contribution < -0.4 is 10.1 Å². The number of aryl methyl sites for hydroxylation is 2. The summed E-state index contributed by atoms with van der Waals surface area (Å²) in [6.45, 7) is 4.26. The lowest BCUT2D eigenvalue weighted by Gasteiger charge is -2.11. The standard InChI is InChI=1S/C21H21FN2O2/c1-13-4-7-20(26-3)16(10-13)8-9-23-21(25)18-11-15-5-6-17(22)12-19(15)24-14(18)2/h4-7,10-12H,8-9H2,1-3H3,(H,23,25). The fourth-order valence-electron chi connectivity index (χ4n) is 2.98. The predicted octanol–water partition coefficient (Wildman–Crippen LogP) is 3.97. The summed E-state index contributed by atoms with van der Waals surface area (Å²) < 4.78 is 18.7. The highest BCUT2D eigenvalue weighted by Crippen LogP contribution is 2.20. The molecule has 0 aliphatic heterocycles. The first-order valence-corrected chi connectivity index (χ1v) is 8.46. The number of halogens is 1. The number of nitrogens with zero attached hydrogens (tertiary/aromatic N) is 1. The second-order valence-corrected chi connectivity index (χ2v) is 6.28. The SMILES string of the molecule is COc1ccc(C)cc1CCNC(=O)c1cc2ccc(F)cc2nc1C. The number of aromatic nitrogens is 1. The lowest BCUT2D eigenvalue weighted by molar-refractivity contribution is 0.0953. The highest BCUT2D eigenvalue weighted by molar-refractivity contribution is 5.98. The van der Waals surface area contributed by atoms with Gasteiger partial charge in [-0.25, -0.2) is 4.39 Å². The van der Waals surface area contributed by atoms with Gasteiger partial charge in [-0.05, 0) is 50.1 Å². The van der Waals surface area contributed by atoms with Crippen LogP contribution in [0.4, 0.5) is 4.39 Å². The van der Waals surface area contributed by atoms with E-state index in [2.05, 4.69) is 16.4 Å². The zero-order valence-corrected chi connectivity index (χ0v) is 15.1. The lowest BCUT2D eigenvalue weighted by Crippen LogP contribution is -2.26. The molecule has 1 N–H and O–H groups in total. The smallest absolute Gasteiger partial charge is 0.253 e. The van der Waals surface area contributed by atoms with Gasteiger partial charge in [0.25, 0.3) is 5.91 Å². The third-order valence-corrected chi connectivity index (χ3v) is 4.33. The van der Waals surface area contributed by atoms with Crippen molar-refractivity contribution in [1.82, 2.24) is 10.3 Å². The summed E-state index contributed by atoms with van der Waals surface area (Å²) in [5.74, 6) is 0.289. The average molecular weight is 352 g/mol. The van der Waals surface area contributed by atoms with Crippen LogP contribution in [0.2, 0.25) is 0 Å². The van der Waals surface area contributed by atoms with Gasteiger partial charge in [-0.2, -0.15) is 0 Å². The summed E-state index contributed by atoms with van der Waals surface area (Å²) in [5.41, 5.74) is 3.82. The van der Waals surface area contributed by atoms with Crippen LogP contribution in [0, 0.1) is 19.7 Å². The van der Waals surface area contributed by atoms with Gasteiger partial charge in [0.05, 0.1) is 23.9 Å². The molecule has 134 valence electrons. The topological polar surface area (TPSA) is 51.2 Å². The number of methoxy groups -OCH3 is 1. The van der Waals surface area contributed by atoms with E-state index in [4.69, 9.17) is 4.74 Å². The number of nitrogens with one attached hydrogen (secondary N) is 1. The minimum absolute atomic E-state index is 0.187. The Morgan fingerprint density at radius 1 is 1.15 bits per heavy atom. The minimum atomic E-state index is -0.339. The van der Waals surface area contributed by atoms with Crippen LogP contribution >= 0.6 is 0 Å². The molecule has 0 atom stereocenters. The van der Waals surface area contributed by atoms with Crippen LogP contribution in [0.5, 0.6) is 5.75 Å². The van der Waals surface area contributed by atoms with Crippen LogP contribution in [0.15, 0.2) is 42.5 Å². The Morgan fingerprint density at radius 3 is 2.73 bits per heavy atom. The summed E-state index contributed by atoms with van der Waals surface area (Å²) in [6, 6.07) is 12.1. The average Bonchev–Trinajstić information content (AvgIpc) is 2.61. The third-order valence-electron chi connectivity index (χ3n) is 4.33. The van der Waals surface area contributed by atoms with Gasteiger partial charge >= 0.3 is 0 Å². The molecule has 1 amide bonds. The van der Waals surface area contributed by atoms with Crippen molar-refractivity contribution in [1.29, 1.82) is 0 Å². The Bertz CT molecular complexity index is 970. The van der Waals surface area contributed by atoms with Crippen molar-refractivity contribution in [3.8, 4) is 5.75 Å². The van der Waals surface area contributed by atoms with Crippen molar-refractivity contribution in [3.05, 3.63) is 70.7 Å². The summed E-state index contributed by atoms with van der Waals surface area (Å²) in [4.78, 5) is 16.9. The fourth-order valence-corrected chi connectivity index (χ4v) is 2.98. The number of amides is 1. The van der Waals surface area contributed by atoms with E-state index in [1.807, 2.05) is 19.1 Å². The number of fused-ring (bicyclic) bond motifs is 1. The Labute approximate surface area is 152 Å². The Hall–Kier alpha value is -2.95. The summed E-state index contributed by atoms with van der Waals surface area (Å²) in [7, 11) is 1.64. The van der Waals surface area contributed by atoms with Crippen molar-refractivity contribution in [2.75, 3.05) is 13.7 Å². The first kappa shape index (κ1) is 17.9. The molecule has 1 heterocycles. The number of hydrogen-bond acceptors (Lipinski definition) is 3. The van der Waals surface area contributed by atoms with Crippen molar-refractivity contribution in [2.45, 2.75) is 20.3 Å². The predicted molar refractivity (Wildman–Crippen MR) is 100 cm³/mol. The normalized spacial score (nSPS) is 10.8. The van der Waals surface area contributed by atoms with E-state index in [9.17, 15) is 9.18 Å². The number of pyridine rings is 1. The highest BCUT2D eigenvalue weighted by atomic mass is 19.1. The van der Waals surface area contributed by atoms with Gasteiger partial charge < -0.3 is 10.1 Å². The Kier molecular flexibility index (Phi) is 5.16. The maximum atomic E-state index is 13.3. The molecule has 0 spiro atoms. The van der Waals surface area contributed by atoms with Gasteiger partial charge in [0.15, 0.2) is 0 Å². The van der Waals surface area contributed by atoms with E-state index in [0.29, 0.717) is 29.7 Å². The molecule has 0 saturated heterocycles. The van der Waals surface area contributed by atoms with Crippen molar-refractivity contribution in [2.24, 2.45) is 0 Å². The molecule has 3 aromatic rings. The lowest BCUT2D eigenvalue weighted by atomic mass is 10.1. The van der Waals surface area contributed by atoms with Gasteiger partial charge in [-0.1, -0.05) is 17.7 Å². The summed E-state index contributed by atoms with van der Waals surface area (Å²) in [5, 5.41) is 3.66. The van der Waals surface area contributed by atoms with E-state index in [0.717, 1.165) is 22.3 Å². The largest absolute Gasteiger partial charge is 0.496 e. The summed E-state index contributed by atoms with van der Waals surface area (Å²) >= 11 is 0. The molecule has 0 saturated carbocycles. The monoisotopic (exact) mass is 352 g/mol. The van der Waals surface area contributed by atoms with Crippen LogP contribution in [-0.4, -0.2) is 24.5 Å². The first-order valence-electron chi connectivity index (χ1n) is 8.46. The van der Waals surface area contributed by atoms with Gasteiger partial charge in [0, 0.05) is 18.0 Å². The number of carbonyl (C=O) groups is 1. The molecule has 0 radical (unpaired) electrons. The second kappa shape index (κ2) is 7.52. The van der Waals surface area contributed by atoms with Crippen molar-refractivity contribution in [3.63, 3.8) is 0 Å². The molecule has 5 heteroatoms. The molecule has 0 fully saturated rings. The molecule has 0 aliphatic rings. The maximum Gasteiger partial charge on any atom is 0.253 e. The van der Waals surface area contributed by atoms with Gasteiger partial charge in [-0.15, -0.1) is 0 Å². The van der Waals surface area contributed by atoms with Crippen molar-refractivity contribution >= 4 is 16.8 Å². The minimum Gasteiger partial charge on any atom is -0.496 e. The number of hydrogen-bond donors (Lipinski definition) is 1. The molecular weight excluding hydrogens is 331 g/mol. The molecule has 1 aromatic heterocycles. The van der Waals surface area contributed by atoms with E-state index >= 15 is 0 Å². The van der Waals surface area contributed by atoms with E-state index < -0.39 is 0 Å². The number of ether oxygens (including phenoxy) is 1. The number of benzene rings is 2. The number of carbonyl (C=O) groups excluding carboxylic acids is 1. The molecule has 26 heavy (non-hydrogen) atoms.